The first kappa shape index (κ1) is 14.4. The van der Waals surface area contributed by atoms with Crippen molar-refractivity contribution in [1.29, 1.82) is 0 Å². The molecule has 0 saturated carbocycles. The molecule has 2 rings (SSSR count). The maximum Gasteiger partial charge on any atom is 0.284 e. The number of oxazole rings is 1. The van der Waals surface area contributed by atoms with Crippen LogP contribution in [0.1, 0.15) is 12.8 Å². The van der Waals surface area contributed by atoms with Crippen molar-refractivity contribution >= 4 is 17.5 Å². The third-order valence-corrected chi connectivity index (χ3v) is 2.60. The number of hydrogen-bond acceptors (Lipinski definition) is 5. The molecule has 0 aliphatic carbocycles. The number of carbonyl (C=O) groups excluding carboxylic acids is 1. The highest BCUT2D eigenvalue weighted by molar-refractivity contribution is 6.30. The van der Waals surface area contributed by atoms with Gasteiger partial charge >= 0.3 is 0 Å². The second-order valence-electron chi connectivity index (χ2n) is 3.89. The number of rotatable bonds is 6. The third kappa shape index (κ3) is 4.25. The molecule has 1 aromatic carbocycles. The summed E-state index contributed by atoms with van der Waals surface area (Å²) in [6.07, 6.45) is 2.21. The lowest BCUT2D eigenvalue weighted by atomic mass is 10.3. The lowest BCUT2D eigenvalue weighted by Gasteiger charge is -2.14. The Kier molecular flexibility index (Phi) is 4.97. The molecule has 1 heterocycles. The van der Waals surface area contributed by atoms with Gasteiger partial charge in [-0.2, -0.15) is 0 Å². The molecule has 7 heteroatoms. The van der Waals surface area contributed by atoms with Gasteiger partial charge in [-0.1, -0.05) is 11.6 Å². The van der Waals surface area contributed by atoms with Crippen molar-refractivity contribution in [2.45, 2.75) is 19.6 Å². The molecule has 1 amide bonds. The minimum atomic E-state index is -0.708. The van der Waals surface area contributed by atoms with E-state index in [-0.39, 0.29) is 6.61 Å². The summed E-state index contributed by atoms with van der Waals surface area (Å²) >= 11 is 5.76. The Morgan fingerprint density at radius 1 is 1.45 bits per heavy atom. The van der Waals surface area contributed by atoms with Gasteiger partial charge < -0.3 is 9.15 Å². The van der Waals surface area contributed by atoms with Gasteiger partial charge in [0.25, 0.3) is 5.91 Å². The first-order valence-corrected chi connectivity index (χ1v) is 6.25. The molecule has 1 atom stereocenters. The fourth-order valence-electron chi connectivity index (χ4n) is 1.35. The van der Waals surface area contributed by atoms with Gasteiger partial charge in [0.15, 0.2) is 12.7 Å². The van der Waals surface area contributed by atoms with Crippen LogP contribution in [0.2, 0.25) is 5.02 Å². The fraction of sp³-hybridized carbons (Fsp3) is 0.231. The first-order chi connectivity index (χ1) is 9.65. The van der Waals surface area contributed by atoms with E-state index in [1.165, 1.54) is 12.5 Å². The van der Waals surface area contributed by atoms with Gasteiger partial charge in [-0.25, -0.2) is 10.5 Å². The van der Waals surface area contributed by atoms with E-state index in [1.807, 2.05) is 0 Å². The van der Waals surface area contributed by atoms with Crippen LogP contribution in [0.15, 0.2) is 41.1 Å². The van der Waals surface area contributed by atoms with Gasteiger partial charge in [-0.15, -0.1) is 0 Å². The minimum Gasteiger partial charge on any atom is -0.481 e. The molecule has 6 nitrogen and oxygen atoms in total. The van der Waals surface area contributed by atoms with Crippen molar-refractivity contribution in [3.8, 4) is 5.75 Å². The van der Waals surface area contributed by atoms with Gasteiger partial charge in [0.2, 0.25) is 5.89 Å². The molecule has 1 N–H and O–H groups in total. The van der Waals surface area contributed by atoms with Crippen LogP contribution in [0, 0.1) is 0 Å². The summed E-state index contributed by atoms with van der Waals surface area (Å²) in [6.45, 7) is 1.66. The third-order valence-electron chi connectivity index (χ3n) is 2.35. The number of carbonyl (C=O) groups is 1. The Hall–Kier alpha value is -2.05. The van der Waals surface area contributed by atoms with Gasteiger partial charge in [-0.05, 0) is 31.2 Å². The van der Waals surface area contributed by atoms with Crippen LogP contribution < -0.4 is 10.2 Å². The number of benzene rings is 1. The number of hydrogen-bond donors (Lipinski definition) is 1. The molecule has 1 unspecified atom stereocenters. The van der Waals surface area contributed by atoms with Crippen LogP contribution in [0.25, 0.3) is 0 Å². The zero-order valence-electron chi connectivity index (χ0n) is 10.7. The number of aromatic nitrogens is 1. The van der Waals surface area contributed by atoms with Crippen LogP contribution in [-0.2, 0) is 16.2 Å². The van der Waals surface area contributed by atoms with Crippen molar-refractivity contribution in [1.82, 2.24) is 10.5 Å². The summed E-state index contributed by atoms with van der Waals surface area (Å²) in [6, 6.07) is 6.72. The van der Waals surface area contributed by atoms with E-state index in [9.17, 15) is 4.79 Å². The van der Waals surface area contributed by atoms with Crippen molar-refractivity contribution < 1.29 is 18.8 Å². The lowest BCUT2D eigenvalue weighted by molar-refractivity contribution is -0.141. The highest BCUT2D eigenvalue weighted by Gasteiger charge is 2.15. The molecule has 1 aromatic heterocycles. The molecule has 0 bridgehead atoms. The summed E-state index contributed by atoms with van der Waals surface area (Å²) in [5.74, 6) is 0.507. The number of hydroxylamine groups is 1. The average Bonchev–Trinajstić information content (AvgIpc) is 2.94. The number of nitrogens with zero attached hydrogens (tertiary/aromatic N) is 1. The SMILES string of the molecule is CC(Oc1ccc(Cl)cc1)C(=O)NOCc1ncco1. The van der Waals surface area contributed by atoms with Crippen LogP contribution in [-0.4, -0.2) is 17.0 Å². The largest absolute Gasteiger partial charge is 0.481 e. The number of halogens is 1. The van der Waals surface area contributed by atoms with E-state index in [4.69, 9.17) is 25.6 Å². The molecular weight excluding hydrogens is 284 g/mol. The quantitative estimate of drug-likeness (QED) is 0.828. The molecule has 0 fully saturated rings. The van der Waals surface area contributed by atoms with E-state index in [1.54, 1.807) is 31.2 Å². The van der Waals surface area contributed by atoms with E-state index >= 15 is 0 Å². The molecule has 0 aliphatic heterocycles. The molecule has 106 valence electrons. The summed E-state index contributed by atoms with van der Waals surface area (Å²) in [5, 5.41) is 0.601. The Morgan fingerprint density at radius 3 is 2.85 bits per heavy atom. The van der Waals surface area contributed by atoms with E-state index in [2.05, 4.69) is 10.5 Å². The molecule has 0 radical (unpaired) electrons. The minimum absolute atomic E-state index is 0.0480. The molecule has 20 heavy (non-hydrogen) atoms. The molecule has 0 spiro atoms. The van der Waals surface area contributed by atoms with Crippen LogP contribution in [0.5, 0.6) is 5.75 Å². The first-order valence-electron chi connectivity index (χ1n) is 5.87. The maximum absolute atomic E-state index is 11.7. The van der Waals surface area contributed by atoms with Crippen LogP contribution in [0.4, 0.5) is 0 Å². The number of nitrogens with one attached hydrogen (secondary N) is 1. The standard InChI is InChI=1S/C13H13ClN2O4/c1-9(20-11-4-2-10(14)3-5-11)13(17)16-19-8-12-15-6-7-18-12/h2-7,9H,8H2,1H3,(H,16,17). The van der Waals surface area contributed by atoms with Crippen molar-refractivity contribution in [2.75, 3.05) is 0 Å². The summed E-state index contributed by atoms with van der Waals surface area (Å²) in [7, 11) is 0. The second kappa shape index (κ2) is 6.93. The maximum atomic E-state index is 11.7. The highest BCUT2D eigenvalue weighted by Crippen LogP contribution is 2.16. The van der Waals surface area contributed by atoms with Crippen LogP contribution in [0.3, 0.4) is 0 Å². The van der Waals surface area contributed by atoms with Gasteiger partial charge in [0.1, 0.15) is 12.0 Å². The average molecular weight is 297 g/mol. The Morgan fingerprint density at radius 2 is 2.20 bits per heavy atom. The number of amides is 1. The smallest absolute Gasteiger partial charge is 0.284 e. The zero-order valence-corrected chi connectivity index (χ0v) is 11.5. The van der Waals surface area contributed by atoms with E-state index in [0.717, 1.165) is 0 Å². The lowest BCUT2D eigenvalue weighted by Crippen LogP contribution is -2.36. The monoisotopic (exact) mass is 296 g/mol. The van der Waals surface area contributed by atoms with Gasteiger partial charge in [-0.3, -0.25) is 9.63 Å². The van der Waals surface area contributed by atoms with Crippen molar-refractivity contribution in [3.05, 3.63) is 47.6 Å². The topological polar surface area (TPSA) is 73.6 Å². The fourth-order valence-corrected chi connectivity index (χ4v) is 1.47. The Balaban J connectivity index is 1.75. The number of ether oxygens (including phenoxy) is 1. The molecule has 0 saturated heterocycles. The Bertz CT molecular complexity index is 542. The highest BCUT2D eigenvalue weighted by atomic mass is 35.5. The summed E-state index contributed by atoms with van der Waals surface area (Å²) in [4.78, 5) is 20.5. The van der Waals surface area contributed by atoms with Crippen molar-refractivity contribution in [3.63, 3.8) is 0 Å². The van der Waals surface area contributed by atoms with Crippen LogP contribution >= 0.6 is 11.6 Å². The van der Waals surface area contributed by atoms with E-state index in [0.29, 0.717) is 16.7 Å². The normalized spacial score (nSPS) is 11.9. The summed E-state index contributed by atoms with van der Waals surface area (Å²) in [5.41, 5.74) is 2.26. The predicted octanol–water partition coefficient (Wildman–Crippen LogP) is 2.34. The second-order valence-corrected chi connectivity index (χ2v) is 4.33. The molecule has 0 aliphatic rings. The van der Waals surface area contributed by atoms with Gasteiger partial charge in [0.05, 0.1) is 6.20 Å². The van der Waals surface area contributed by atoms with Gasteiger partial charge in [0, 0.05) is 5.02 Å². The van der Waals surface area contributed by atoms with Crippen molar-refractivity contribution in [2.24, 2.45) is 0 Å². The Labute approximate surface area is 120 Å². The summed E-state index contributed by atoms with van der Waals surface area (Å²) < 4.78 is 10.4. The zero-order chi connectivity index (χ0) is 14.4. The van der Waals surface area contributed by atoms with E-state index < -0.39 is 12.0 Å². The molecule has 2 aromatic rings. The predicted molar refractivity (Wildman–Crippen MR) is 71.0 cm³/mol. The molecular formula is C13H13ClN2O4.